The lowest BCUT2D eigenvalue weighted by Gasteiger charge is -2.22. The van der Waals surface area contributed by atoms with Crippen molar-refractivity contribution in [3.63, 3.8) is 0 Å². The zero-order valence-corrected chi connectivity index (χ0v) is 15.6. The van der Waals surface area contributed by atoms with E-state index >= 15 is 0 Å². The van der Waals surface area contributed by atoms with Gasteiger partial charge in [-0.05, 0) is 42.7 Å². The molecule has 0 heterocycles. The third kappa shape index (κ3) is 3.94. The molecule has 0 N–H and O–H groups in total. The fourth-order valence-corrected chi connectivity index (χ4v) is 5.21. The van der Waals surface area contributed by atoms with Gasteiger partial charge in [-0.3, -0.25) is 0 Å². The van der Waals surface area contributed by atoms with Crippen molar-refractivity contribution < 1.29 is 16.8 Å². The summed E-state index contributed by atoms with van der Waals surface area (Å²) < 4.78 is 51.4. The van der Waals surface area contributed by atoms with E-state index in [4.69, 9.17) is 0 Å². The van der Waals surface area contributed by atoms with E-state index in [-0.39, 0.29) is 21.6 Å². The number of sulfone groups is 1. The van der Waals surface area contributed by atoms with Crippen LogP contribution in [-0.4, -0.2) is 32.9 Å². The molecule has 1 saturated carbocycles. The minimum absolute atomic E-state index is 0.0126. The zero-order chi connectivity index (χ0) is 18.1. The Morgan fingerprint density at radius 3 is 1.96 bits per heavy atom. The van der Waals surface area contributed by atoms with Gasteiger partial charge < -0.3 is 0 Å². The number of rotatable bonds is 7. The van der Waals surface area contributed by atoms with Gasteiger partial charge in [-0.15, -0.1) is 0 Å². The van der Waals surface area contributed by atoms with Gasteiger partial charge in [-0.25, -0.2) is 16.8 Å². The number of sulfonamides is 1. The van der Waals surface area contributed by atoms with Crippen LogP contribution in [0.25, 0.3) is 0 Å². The van der Waals surface area contributed by atoms with Crippen molar-refractivity contribution >= 4 is 19.9 Å². The standard InChI is InChI=1S/C18H21NO4S2/c1-2-24(20,21)17-10-12-18(13-11-17)25(22,23)19(16-8-9-16)14-15-6-4-3-5-7-15/h3-7,10-13,16H,2,8-9,14H2,1H3. The summed E-state index contributed by atoms with van der Waals surface area (Å²) in [6.07, 6.45) is 1.71. The highest BCUT2D eigenvalue weighted by Gasteiger charge is 2.38. The normalized spacial score (nSPS) is 15.4. The van der Waals surface area contributed by atoms with Gasteiger partial charge in [-0.1, -0.05) is 37.3 Å². The van der Waals surface area contributed by atoms with Crippen LogP contribution in [0, 0.1) is 0 Å². The molecular weight excluding hydrogens is 358 g/mol. The summed E-state index contributed by atoms with van der Waals surface area (Å²) in [5.74, 6) is -0.0126. The molecule has 0 unspecified atom stereocenters. The van der Waals surface area contributed by atoms with Crippen LogP contribution < -0.4 is 0 Å². The molecule has 2 aromatic carbocycles. The molecule has 1 fully saturated rings. The zero-order valence-electron chi connectivity index (χ0n) is 14.0. The van der Waals surface area contributed by atoms with Gasteiger partial charge >= 0.3 is 0 Å². The topological polar surface area (TPSA) is 71.5 Å². The molecule has 7 heteroatoms. The van der Waals surface area contributed by atoms with Gasteiger partial charge in [0.1, 0.15) is 0 Å². The van der Waals surface area contributed by atoms with Crippen LogP contribution in [0.1, 0.15) is 25.3 Å². The van der Waals surface area contributed by atoms with Crippen molar-refractivity contribution in [3.05, 3.63) is 60.2 Å². The Morgan fingerprint density at radius 2 is 1.44 bits per heavy atom. The Morgan fingerprint density at radius 1 is 0.880 bits per heavy atom. The van der Waals surface area contributed by atoms with Gasteiger partial charge in [0.25, 0.3) is 0 Å². The molecule has 134 valence electrons. The molecular formula is C18H21NO4S2. The second-order valence-electron chi connectivity index (χ2n) is 6.14. The third-order valence-electron chi connectivity index (χ3n) is 4.30. The average molecular weight is 380 g/mol. The lowest BCUT2D eigenvalue weighted by molar-refractivity contribution is 0.398. The second kappa shape index (κ2) is 6.90. The van der Waals surface area contributed by atoms with Crippen molar-refractivity contribution in [1.82, 2.24) is 4.31 Å². The molecule has 0 spiro atoms. The molecule has 0 saturated heterocycles. The molecule has 5 nitrogen and oxygen atoms in total. The van der Waals surface area contributed by atoms with E-state index in [1.54, 1.807) is 6.92 Å². The summed E-state index contributed by atoms with van der Waals surface area (Å²) in [6, 6.07) is 15.0. The second-order valence-corrected chi connectivity index (χ2v) is 10.3. The van der Waals surface area contributed by atoms with Crippen LogP contribution in [0.2, 0.25) is 0 Å². The van der Waals surface area contributed by atoms with E-state index in [0.717, 1.165) is 18.4 Å². The van der Waals surface area contributed by atoms with Crippen LogP contribution in [-0.2, 0) is 26.4 Å². The predicted octanol–water partition coefficient (Wildman–Crippen LogP) is 2.83. The van der Waals surface area contributed by atoms with Crippen molar-refractivity contribution in [3.8, 4) is 0 Å². The lowest BCUT2D eigenvalue weighted by atomic mass is 10.2. The summed E-state index contributed by atoms with van der Waals surface area (Å²) in [6.45, 7) is 1.89. The van der Waals surface area contributed by atoms with Crippen molar-refractivity contribution in [2.24, 2.45) is 0 Å². The van der Waals surface area contributed by atoms with E-state index in [2.05, 4.69) is 0 Å². The van der Waals surface area contributed by atoms with Gasteiger partial charge in [0.15, 0.2) is 9.84 Å². The van der Waals surface area contributed by atoms with Crippen LogP contribution in [0.4, 0.5) is 0 Å². The summed E-state index contributed by atoms with van der Waals surface area (Å²) in [5, 5.41) is 0. The smallest absolute Gasteiger partial charge is 0.224 e. The molecule has 1 aliphatic rings. The molecule has 0 bridgehead atoms. The molecule has 0 amide bonds. The summed E-state index contributed by atoms with van der Waals surface area (Å²) >= 11 is 0. The van der Waals surface area contributed by atoms with Crippen molar-refractivity contribution in [2.45, 2.75) is 42.1 Å². The summed E-state index contributed by atoms with van der Waals surface area (Å²) in [4.78, 5) is 0.278. The fraction of sp³-hybridized carbons (Fsp3) is 0.333. The van der Waals surface area contributed by atoms with Crippen LogP contribution in [0.15, 0.2) is 64.4 Å². The Kier molecular flexibility index (Phi) is 4.99. The van der Waals surface area contributed by atoms with Crippen molar-refractivity contribution in [1.29, 1.82) is 0 Å². The van der Waals surface area contributed by atoms with E-state index < -0.39 is 19.9 Å². The highest BCUT2D eigenvalue weighted by atomic mass is 32.2. The molecule has 0 aliphatic heterocycles. The summed E-state index contributed by atoms with van der Waals surface area (Å²) in [7, 11) is -7.01. The first-order chi connectivity index (χ1) is 11.8. The average Bonchev–Trinajstić information content (AvgIpc) is 3.45. The van der Waals surface area contributed by atoms with E-state index in [9.17, 15) is 16.8 Å². The number of nitrogens with zero attached hydrogens (tertiary/aromatic N) is 1. The van der Waals surface area contributed by atoms with E-state index in [1.165, 1.54) is 28.6 Å². The van der Waals surface area contributed by atoms with Gasteiger partial charge in [0.2, 0.25) is 10.0 Å². The molecule has 1 aliphatic carbocycles. The van der Waals surface area contributed by atoms with Crippen LogP contribution in [0.3, 0.4) is 0 Å². The Balaban J connectivity index is 1.90. The fourth-order valence-electron chi connectivity index (χ4n) is 2.66. The molecule has 3 rings (SSSR count). The molecule has 25 heavy (non-hydrogen) atoms. The van der Waals surface area contributed by atoms with Gasteiger partial charge in [0.05, 0.1) is 15.5 Å². The maximum atomic E-state index is 13.0. The molecule has 2 aromatic rings. The number of hydrogen-bond donors (Lipinski definition) is 0. The summed E-state index contributed by atoms with van der Waals surface area (Å²) in [5.41, 5.74) is 0.933. The van der Waals surface area contributed by atoms with Crippen LogP contribution in [0.5, 0.6) is 0 Å². The Bertz CT molecular complexity index is 932. The van der Waals surface area contributed by atoms with Gasteiger partial charge in [-0.2, -0.15) is 4.31 Å². The number of benzene rings is 2. The SMILES string of the molecule is CCS(=O)(=O)c1ccc(S(=O)(=O)N(Cc2ccccc2)C2CC2)cc1. The third-order valence-corrected chi connectivity index (χ3v) is 7.97. The first kappa shape index (κ1) is 18.1. The highest BCUT2D eigenvalue weighted by Crippen LogP contribution is 2.33. The maximum Gasteiger partial charge on any atom is 0.243 e. The highest BCUT2D eigenvalue weighted by molar-refractivity contribution is 7.91. The van der Waals surface area contributed by atoms with E-state index in [1.807, 2.05) is 30.3 Å². The monoisotopic (exact) mass is 379 g/mol. The Labute approximate surface area is 149 Å². The van der Waals surface area contributed by atoms with Crippen LogP contribution >= 0.6 is 0 Å². The number of hydrogen-bond acceptors (Lipinski definition) is 4. The lowest BCUT2D eigenvalue weighted by Crippen LogP contribution is -2.32. The quantitative estimate of drug-likeness (QED) is 0.742. The maximum absolute atomic E-state index is 13.0. The molecule has 0 atom stereocenters. The van der Waals surface area contributed by atoms with Crippen molar-refractivity contribution in [2.75, 3.05) is 5.75 Å². The van der Waals surface area contributed by atoms with E-state index in [0.29, 0.717) is 6.54 Å². The molecule has 0 radical (unpaired) electrons. The minimum atomic E-state index is -3.67. The molecule has 0 aromatic heterocycles. The first-order valence-corrected chi connectivity index (χ1v) is 11.3. The Hall–Kier alpha value is -1.70. The van der Waals surface area contributed by atoms with Gasteiger partial charge in [0, 0.05) is 12.6 Å². The largest absolute Gasteiger partial charge is 0.243 e. The first-order valence-electron chi connectivity index (χ1n) is 8.23. The predicted molar refractivity (Wildman–Crippen MR) is 96.4 cm³/mol. The minimum Gasteiger partial charge on any atom is -0.224 e.